The standard InChI is InChI=1S/C31H55N3O7Si/c1-10-39-28(37)24-19-17-15-13-11-12-14-16-18-23(33-29(38)40-30(2,3)4)27(36)34-21-22(20-25(34)26(35)32-24)41-42(8,9)31(5,6)7/h13,15,22-25H,10-12,14,16-21H2,1-9H3,(H,32,35)(H,33,38)/q+1. The normalized spacial score (nSPS) is 25.8. The fourth-order valence-corrected chi connectivity index (χ4v) is 6.28. The van der Waals surface area contributed by atoms with Crippen molar-refractivity contribution in [2.75, 3.05) is 13.2 Å². The van der Waals surface area contributed by atoms with Crippen LogP contribution in [0.4, 0.5) is 4.79 Å². The molecule has 239 valence electrons. The zero-order valence-electron chi connectivity index (χ0n) is 27.3. The highest BCUT2D eigenvalue weighted by molar-refractivity contribution is 6.74. The van der Waals surface area contributed by atoms with Gasteiger partial charge in [0.25, 0.3) is 5.91 Å². The van der Waals surface area contributed by atoms with E-state index in [2.05, 4.69) is 50.6 Å². The van der Waals surface area contributed by atoms with Crippen molar-refractivity contribution in [1.82, 2.24) is 15.5 Å². The predicted octanol–water partition coefficient (Wildman–Crippen LogP) is 5.06. The SMILES string of the molecule is CCOC(=O)C1CCC=CCCCCCC(NC(=O)OC(C)(C)C)C(=O)[N+]2CC(O[Si](C)(C)C(C)(C)C)CC2C(=O)N1. The second kappa shape index (κ2) is 15.5. The van der Waals surface area contributed by atoms with E-state index >= 15 is 0 Å². The molecular formula is C31H55N3O7Si+. The van der Waals surface area contributed by atoms with Gasteiger partial charge in [0.05, 0.1) is 6.61 Å². The van der Waals surface area contributed by atoms with Crippen LogP contribution in [0.2, 0.25) is 18.1 Å². The Kier molecular flexibility index (Phi) is 13.2. The first-order chi connectivity index (χ1) is 19.4. The van der Waals surface area contributed by atoms with Crippen LogP contribution >= 0.6 is 0 Å². The monoisotopic (exact) mass is 609 g/mol. The average molecular weight is 610 g/mol. The molecule has 10 nitrogen and oxygen atoms in total. The van der Waals surface area contributed by atoms with Gasteiger partial charge in [-0.25, -0.2) is 14.4 Å². The van der Waals surface area contributed by atoms with Crippen LogP contribution in [-0.4, -0.2) is 75.2 Å². The Balaban J connectivity index is 2.43. The lowest BCUT2D eigenvalue weighted by Gasteiger charge is -2.37. The Labute approximate surface area is 253 Å². The highest BCUT2D eigenvalue weighted by Crippen LogP contribution is 2.38. The van der Waals surface area contributed by atoms with Crippen molar-refractivity contribution in [3.63, 3.8) is 0 Å². The molecule has 42 heavy (non-hydrogen) atoms. The lowest BCUT2D eigenvalue weighted by molar-refractivity contribution is -0.148. The number of nitrogens with one attached hydrogen (secondary N) is 2. The number of hydrogen-bond acceptors (Lipinski definition) is 7. The van der Waals surface area contributed by atoms with Crippen molar-refractivity contribution in [3.8, 4) is 0 Å². The van der Waals surface area contributed by atoms with Crippen LogP contribution in [0.25, 0.3) is 0 Å². The van der Waals surface area contributed by atoms with Gasteiger partial charge in [0.1, 0.15) is 17.7 Å². The van der Waals surface area contributed by atoms with Crippen molar-refractivity contribution in [2.24, 2.45) is 0 Å². The van der Waals surface area contributed by atoms with E-state index in [0.29, 0.717) is 25.7 Å². The molecule has 4 unspecified atom stereocenters. The van der Waals surface area contributed by atoms with E-state index in [-0.39, 0.29) is 30.2 Å². The molecule has 0 aliphatic carbocycles. The molecule has 0 aromatic heterocycles. The summed E-state index contributed by atoms with van der Waals surface area (Å²) in [5.74, 6) is -1.26. The third kappa shape index (κ3) is 11.1. The van der Waals surface area contributed by atoms with Gasteiger partial charge in [0.2, 0.25) is 6.04 Å². The molecule has 1 saturated heterocycles. The Bertz CT molecular complexity index is 971. The van der Waals surface area contributed by atoms with Crippen LogP contribution < -0.4 is 15.5 Å². The van der Waals surface area contributed by atoms with E-state index in [0.717, 1.165) is 25.7 Å². The second-order valence-corrected chi connectivity index (χ2v) is 18.7. The molecule has 0 bridgehead atoms. The van der Waals surface area contributed by atoms with Crippen molar-refractivity contribution < 1.29 is 33.1 Å². The summed E-state index contributed by atoms with van der Waals surface area (Å²) in [6.45, 7) is 18.2. The number of fused-ring (bicyclic) bond motifs is 1. The minimum absolute atomic E-state index is 0.0578. The quantitative estimate of drug-likeness (QED) is 0.193. The van der Waals surface area contributed by atoms with Gasteiger partial charge >= 0.3 is 18.0 Å². The molecule has 2 rings (SSSR count). The van der Waals surface area contributed by atoms with E-state index in [4.69, 9.17) is 13.9 Å². The molecule has 1 fully saturated rings. The molecule has 0 spiro atoms. The highest BCUT2D eigenvalue weighted by Gasteiger charge is 2.54. The maximum absolute atomic E-state index is 14.1. The fraction of sp³-hybridized carbons (Fsp3) is 0.806. The second-order valence-electron chi connectivity index (χ2n) is 13.9. The van der Waals surface area contributed by atoms with Crippen LogP contribution in [-0.2, 0) is 28.3 Å². The molecule has 3 amide bonds. The van der Waals surface area contributed by atoms with Crippen molar-refractivity contribution in [1.29, 1.82) is 0 Å². The third-order valence-electron chi connectivity index (χ3n) is 8.14. The summed E-state index contributed by atoms with van der Waals surface area (Å²) in [4.78, 5) is 55.0. The van der Waals surface area contributed by atoms with Gasteiger partial charge in [-0.15, -0.1) is 0 Å². The number of alkyl carbamates (subject to hydrolysis) is 1. The number of allylic oxidation sites excluding steroid dienone is 2. The first-order valence-corrected chi connectivity index (χ1v) is 18.5. The van der Waals surface area contributed by atoms with Crippen LogP contribution in [0.5, 0.6) is 0 Å². The van der Waals surface area contributed by atoms with E-state index in [1.165, 1.54) is 4.90 Å². The summed E-state index contributed by atoms with van der Waals surface area (Å²) >= 11 is 0. The van der Waals surface area contributed by atoms with Gasteiger partial charge in [-0.3, -0.25) is 4.79 Å². The molecule has 0 aromatic carbocycles. The molecule has 2 heterocycles. The van der Waals surface area contributed by atoms with E-state index in [1.807, 2.05) is 6.08 Å². The summed E-state index contributed by atoms with van der Waals surface area (Å²) in [5, 5.41) is 5.60. The number of rotatable bonds is 5. The smallest absolute Gasteiger partial charge is 0.408 e. The topological polar surface area (TPSA) is 126 Å². The number of carbonyl (C=O) groups excluding carboxylic acids is 4. The number of nitrogens with zero attached hydrogens (tertiary/aromatic N) is 1. The molecule has 0 aromatic rings. The number of esters is 1. The van der Waals surface area contributed by atoms with Crippen molar-refractivity contribution in [2.45, 2.75) is 148 Å². The molecule has 2 aliphatic rings. The Morgan fingerprint density at radius 1 is 1.02 bits per heavy atom. The molecule has 1 radical (unpaired) electrons. The molecule has 2 N–H and O–H groups in total. The zero-order chi connectivity index (χ0) is 31.7. The first-order valence-electron chi connectivity index (χ1n) is 15.5. The van der Waals surface area contributed by atoms with Gasteiger partial charge in [-0.1, -0.05) is 50.7 Å². The summed E-state index contributed by atoms with van der Waals surface area (Å²) in [5.41, 5.74) is -0.724. The minimum atomic E-state index is -2.22. The van der Waals surface area contributed by atoms with E-state index in [9.17, 15) is 19.2 Å². The van der Waals surface area contributed by atoms with Crippen LogP contribution in [0.1, 0.15) is 99.8 Å². The first kappa shape index (κ1) is 36.0. The maximum Gasteiger partial charge on any atom is 0.408 e. The van der Waals surface area contributed by atoms with Gasteiger partial charge in [-0.05, 0) is 77.9 Å². The maximum atomic E-state index is 14.1. The number of carbonyl (C=O) groups is 4. The zero-order valence-corrected chi connectivity index (χ0v) is 28.3. The number of hydrogen-bond donors (Lipinski definition) is 2. The third-order valence-corrected chi connectivity index (χ3v) is 12.7. The molecule has 2 aliphatic heterocycles. The summed E-state index contributed by atoms with van der Waals surface area (Å²) < 4.78 is 17.4. The summed E-state index contributed by atoms with van der Waals surface area (Å²) in [7, 11) is -2.22. The molecule has 0 saturated carbocycles. The summed E-state index contributed by atoms with van der Waals surface area (Å²) in [6, 6.07) is -2.54. The Morgan fingerprint density at radius 3 is 2.31 bits per heavy atom. The van der Waals surface area contributed by atoms with Crippen LogP contribution in [0, 0.1) is 0 Å². The van der Waals surface area contributed by atoms with Gasteiger partial charge in [0.15, 0.2) is 20.9 Å². The number of ether oxygens (including phenoxy) is 2. The van der Waals surface area contributed by atoms with Crippen molar-refractivity contribution in [3.05, 3.63) is 12.2 Å². The lowest BCUT2D eigenvalue weighted by Crippen LogP contribution is -2.58. The van der Waals surface area contributed by atoms with Crippen LogP contribution in [0.15, 0.2) is 12.2 Å². The average Bonchev–Trinajstić information content (AvgIpc) is 3.26. The van der Waals surface area contributed by atoms with Crippen LogP contribution in [0.3, 0.4) is 0 Å². The van der Waals surface area contributed by atoms with E-state index < -0.39 is 50.0 Å². The largest absolute Gasteiger partial charge is 0.464 e. The van der Waals surface area contributed by atoms with Gasteiger partial charge in [0, 0.05) is 6.42 Å². The molecule has 4 atom stereocenters. The van der Waals surface area contributed by atoms with Gasteiger partial charge in [-0.2, -0.15) is 0 Å². The molecular weight excluding hydrogens is 554 g/mol. The minimum Gasteiger partial charge on any atom is -0.464 e. The highest BCUT2D eigenvalue weighted by atomic mass is 28.4. The predicted molar refractivity (Wildman–Crippen MR) is 166 cm³/mol. The van der Waals surface area contributed by atoms with Gasteiger partial charge < -0.3 is 24.5 Å². The fourth-order valence-electron chi connectivity index (χ4n) is 4.92. The van der Waals surface area contributed by atoms with E-state index in [1.54, 1.807) is 27.7 Å². The lowest BCUT2D eigenvalue weighted by atomic mass is 10.0. The Hall–Kier alpha value is -2.24. The number of amides is 3. The summed E-state index contributed by atoms with van der Waals surface area (Å²) in [6.07, 6.45) is 8.27. The molecule has 11 heteroatoms. The Morgan fingerprint density at radius 2 is 1.69 bits per heavy atom. The van der Waals surface area contributed by atoms with Crippen molar-refractivity contribution >= 4 is 32.2 Å².